The van der Waals surface area contributed by atoms with Crippen molar-refractivity contribution in [2.75, 3.05) is 20.2 Å². The fourth-order valence-electron chi connectivity index (χ4n) is 1.38. The molecule has 0 spiro atoms. The Morgan fingerprint density at radius 2 is 2.06 bits per heavy atom. The van der Waals surface area contributed by atoms with E-state index in [9.17, 15) is 0 Å². The average molecular weight is 227 g/mol. The maximum absolute atomic E-state index is 8.86. The molecule has 4 heteroatoms. The van der Waals surface area contributed by atoms with Gasteiger partial charge in [0.15, 0.2) is 0 Å². The van der Waals surface area contributed by atoms with E-state index in [0.717, 1.165) is 25.5 Å². The van der Waals surface area contributed by atoms with Gasteiger partial charge in [-0.25, -0.2) is 0 Å². The van der Waals surface area contributed by atoms with E-state index in [0.29, 0.717) is 5.76 Å². The van der Waals surface area contributed by atoms with E-state index in [1.807, 2.05) is 27.0 Å². The van der Waals surface area contributed by atoms with Crippen molar-refractivity contribution in [1.29, 1.82) is 0 Å². The summed E-state index contributed by atoms with van der Waals surface area (Å²) < 4.78 is 10.9. The minimum atomic E-state index is -0.0415. The third-order valence-electron chi connectivity index (χ3n) is 2.22. The lowest BCUT2D eigenvalue weighted by atomic mass is 10.4. The Balaban J connectivity index is 2.25. The smallest absolute Gasteiger partial charge is 0.129 e. The largest absolute Gasteiger partial charge is 0.462 e. The van der Waals surface area contributed by atoms with Gasteiger partial charge in [-0.3, -0.25) is 4.90 Å². The van der Waals surface area contributed by atoms with Crippen LogP contribution in [-0.4, -0.2) is 36.3 Å². The number of rotatable bonds is 7. The molecule has 0 unspecified atom stereocenters. The van der Waals surface area contributed by atoms with Crippen LogP contribution in [0, 0.1) is 0 Å². The average Bonchev–Trinajstić information content (AvgIpc) is 2.65. The molecule has 0 saturated carbocycles. The summed E-state index contributed by atoms with van der Waals surface area (Å²) in [4.78, 5) is 2.13. The van der Waals surface area contributed by atoms with Gasteiger partial charge in [-0.05, 0) is 33.0 Å². The minimum absolute atomic E-state index is 0.0415. The Kier molecular flexibility index (Phi) is 5.52. The van der Waals surface area contributed by atoms with Crippen LogP contribution in [0.15, 0.2) is 16.5 Å². The molecule has 0 radical (unpaired) electrons. The fraction of sp³-hybridized carbons (Fsp3) is 0.667. The zero-order chi connectivity index (χ0) is 12.0. The number of nitrogens with zero attached hydrogens (tertiary/aromatic N) is 1. The molecule has 0 aromatic carbocycles. The number of hydrogen-bond acceptors (Lipinski definition) is 4. The number of aliphatic hydroxyl groups excluding tert-OH is 1. The lowest BCUT2D eigenvalue weighted by molar-refractivity contribution is 0.0615. The highest BCUT2D eigenvalue weighted by Gasteiger charge is 2.05. The normalized spacial score (nSPS) is 11.6. The molecule has 1 heterocycles. The van der Waals surface area contributed by atoms with Crippen molar-refractivity contribution in [3.05, 3.63) is 23.7 Å². The molecule has 0 aliphatic heterocycles. The first-order chi connectivity index (χ1) is 7.61. The van der Waals surface area contributed by atoms with Gasteiger partial charge in [-0.2, -0.15) is 0 Å². The van der Waals surface area contributed by atoms with Crippen molar-refractivity contribution in [1.82, 2.24) is 4.90 Å². The predicted octanol–water partition coefficient (Wildman–Crippen LogP) is 1.63. The second-order valence-electron chi connectivity index (χ2n) is 4.18. The second kappa shape index (κ2) is 6.68. The monoisotopic (exact) mass is 227 g/mol. The summed E-state index contributed by atoms with van der Waals surface area (Å²) in [6.45, 7) is 6.34. The molecule has 16 heavy (non-hydrogen) atoms. The zero-order valence-corrected chi connectivity index (χ0v) is 10.3. The molecule has 1 aromatic heterocycles. The summed E-state index contributed by atoms with van der Waals surface area (Å²) in [5.41, 5.74) is 0. The van der Waals surface area contributed by atoms with Gasteiger partial charge >= 0.3 is 0 Å². The Hall–Kier alpha value is -0.840. The van der Waals surface area contributed by atoms with Crippen molar-refractivity contribution in [3.8, 4) is 0 Å². The van der Waals surface area contributed by atoms with Gasteiger partial charge in [0, 0.05) is 6.54 Å². The summed E-state index contributed by atoms with van der Waals surface area (Å²) >= 11 is 0. The maximum atomic E-state index is 8.86. The standard InChI is InChI=1S/C12H21NO3/c1-10(2)15-7-6-13(3)8-11-4-5-12(9-14)16-11/h4-5,10,14H,6-9H2,1-3H3. The van der Waals surface area contributed by atoms with Gasteiger partial charge in [-0.15, -0.1) is 0 Å². The van der Waals surface area contributed by atoms with Crippen LogP contribution >= 0.6 is 0 Å². The maximum Gasteiger partial charge on any atom is 0.129 e. The van der Waals surface area contributed by atoms with E-state index in [2.05, 4.69) is 4.90 Å². The SMILES string of the molecule is CC(C)OCCN(C)Cc1ccc(CO)o1. The highest BCUT2D eigenvalue weighted by atomic mass is 16.5. The number of ether oxygens (including phenoxy) is 1. The van der Waals surface area contributed by atoms with Gasteiger partial charge in [0.1, 0.15) is 18.1 Å². The Morgan fingerprint density at radius 3 is 2.62 bits per heavy atom. The molecule has 1 rings (SSSR count). The van der Waals surface area contributed by atoms with E-state index >= 15 is 0 Å². The van der Waals surface area contributed by atoms with Gasteiger partial charge < -0.3 is 14.3 Å². The summed E-state index contributed by atoms with van der Waals surface area (Å²) in [5, 5.41) is 8.86. The molecule has 0 amide bonds. The lowest BCUT2D eigenvalue weighted by Crippen LogP contribution is -2.23. The van der Waals surface area contributed by atoms with Gasteiger partial charge in [0.25, 0.3) is 0 Å². The molecule has 1 aromatic rings. The molecule has 1 N–H and O–H groups in total. The first-order valence-corrected chi connectivity index (χ1v) is 5.60. The third-order valence-corrected chi connectivity index (χ3v) is 2.22. The van der Waals surface area contributed by atoms with E-state index in [1.165, 1.54) is 0 Å². The second-order valence-corrected chi connectivity index (χ2v) is 4.18. The van der Waals surface area contributed by atoms with Crippen molar-refractivity contribution >= 4 is 0 Å². The van der Waals surface area contributed by atoms with Crippen LogP contribution in [0.2, 0.25) is 0 Å². The lowest BCUT2D eigenvalue weighted by Gasteiger charge is -2.16. The highest BCUT2D eigenvalue weighted by Crippen LogP contribution is 2.09. The van der Waals surface area contributed by atoms with Crippen molar-refractivity contribution in [3.63, 3.8) is 0 Å². The molecular formula is C12H21NO3. The van der Waals surface area contributed by atoms with Gasteiger partial charge in [0.05, 0.1) is 19.3 Å². The zero-order valence-electron chi connectivity index (χ0n) is 10.3. The van der Waals surface area contributed by atoms with Crippen LogP contribution in [0.25, 0.3) is 0 Å². The van der Waals surface area contributed by atoms with Crippen molar-refractivity contribution in [2.24, 2.45) is 0 Å². The van der Waals surface area contributed by atoms with E-state index in [-0.39, 0.29) is 12.7 Å². The first kappa shape index (κ1) is 13.2. The molecule has 0 atom stereocenters. The Bertz CT molecular complexity index is 296. The number of aliphatic hydroxyl groups is 1. The van der Waals surface area contributed by atoms with Crippen LogP contribution in [0.1, 0.15) is 25.4 Å². The Labute approximate surface area is 96.8 Å². The first-order valence-electron chi connectivity index (χ1n) is 5.60. The molecule has 0 bridgehead atoms. The summed E-state index contributed by atoms with van der Waals surface area (Å²) in [6.07, 6.45) is 0.276. The summed E-state index contributed by atoms with van der Waals surface area (Å²) in [6, 6.07) is 3.69. The van der Waals surface area contributed by atoms with E-state index < -0.39 is 0 Å². The van der Waals surface area contributed by atoms with Crippen LogP contribution in [0.3, 0.4) is 0 Å². The minimum Gasteiger partial charge on any atom is -0.462 e. The molecule has 4 nitrogen and oxygen atoms in total. The number of likely N-dealkylation sites (N-methyl/N-ethyl adjacent to an activating group) is 1. The molecule has 0 saturated heterocycles. The molecule has 0 aliphatic rings. The molecular weight excluding hydrogens is 206 g/mol. The predicted molar refractivity (Wildman–Crippen MR) is 62.1 cm³/mol. The molecule has 92 valence electrons. The Morgan fingerprint density at radius 1 is 1.38 bits per heavy atom. The quantitative estimate of drug-likeness (QED) is 0.769. The molecule has 0 aliphatic carbocycles. The van der Waals surface area contributed by atoms with Crippen molar-refractivity contribution in [2.45, 2.75) is 33.1 Å². The number of furan rings is 1. The van der Waals surface area contributed by atoms with Crippen LogP contribution in [0.5, 0.6) is 0 Å². The van der Waals surface area contributed by atoms with E-state index in [1.54, 1.807) is 6.07 Å². The van der Waals surface area contributed by atoms with Crippen LogP contribution < -0.4 is 0 Å². The highest BCUT2D eigenvalue weighted by molar-refractivity contribution is 5.06. The van der Waals surface area contributed by atoms with E-state index in [4.69, 9.17) is 14.3 Å². The number of hydrogen-bond donors (Lipinski definition) is 1. The van der Waals surface area contributed by atoms with Gasteiger partial charge in [-0.1, -0.05) is 0 Å². The fourth-order valence-corrected chi connectivity index (χ4v) is 1.38. The summed E-state index contributed by atoms with van der Waals surface area (Å²) in [5.74, 6) is 1.48. The third kappa shape index (κ3) is 4.79. The topological polar surface area (TPSA) is 45.8 Å². The van der Waals surface area contributed by atoms with Gasteiger partial charge in [0.2, 0.25) is 0 Å². The van der Waals surface area contributed by atoms with Crippen LogP contribution in [-0.2, 0) is 17.9 Å². The summed E-state index contributed by atoms with van der Waals surface area (Å²) in [7, 11) is 2.02. The van der Waals surface area contributed by atoms with Crippen LogP contribution in [0.4, 0.5) is 0 Å². The molecule has 0 fully saturated rings. The van der Waals surface area contributed by atoms with Crippen molar-refractivity contribution < 1.29 is 14.3 Å².